The number of hydrogen-bond donors (Lipinski definition) is 0. The van der Waals surface area contributed by atoms with Crippen LogP contribution in [-0.2, 0) is 14.0 Å². The molecule has 0 N–H and O–H groups in total. The minimum Gasteiger partial charge on any atom is -0.412 e. The van der Waals surface area contributed by atoms with E-state index < -0.39 is 13.7 Å². The van der Waals surface area contributed by atoms with Gasteiger partial charge in [0.05, 0.1) is 17.6 Å². The Morgan fingerprint density at radius 3 is 2.55 bits per heavy atom. The van der Waals surface area contributed by atoms with Crippen LogP contribution in [0.15, 0.2) is 23.8 Å². The summed E-state index contributed by atoms with van der Waals surface area (Å²) in [5.41, 5.74) is 0.660. The van der Waals surface area contributed by atoms with E-state index in [-0.39, 0.29) is 40.8 Å². The Kier molecular flexibility index (Phi) is 7.74. The van der Waals surface area contributed by atoms with Crippen LogP contribution >= 0.6 is 0 Å². The molecule has 5 nitrogen and oxygen atoms in total. The molecule has 6 bridgehead atoms. The molecule has 208 valence electrons. The molecule has 38 heavy (non-hydrogen) atoms. The monoisotopic (exact) mass is 536 g/mol. The maximum absolute atomic E-state index is 14.9. The molecule has 2 amide bonds. The van der Waals surface area contributed by atoms with E-state index in [2.05, 4.69) is 73.7 Å². The van der Waals surface area contributed by atoms with Crippen molar-refractivity contribution in [2.45, 2.75) is 115 Å². The van der Waals surface area contributed by atoms with E-state index in [1.54, 1.807) is 0 Å². The minimum atomic E-state index is -2.09. The van der Waals surface area contributed by atoms with Crippen molar-refractivity contribution >= 4 is 20.1 Å². The zero-order valence-corrected chi connectivity index (χ0v) is 25.4. The number of allylic oxidation sites excluding steroid dienone is 2. The standard InChI is InChI=1S/C32H48N2O3Si/c1-31(2,3)38(4,5)37-26-23-33-20-16-12-7-6-9-13-17-24-21-25-22-34-27(35)18-14-10-8-11-15-19-32(28(25)26,29(24)34)30(33)36/h8,11,21,25-26,28-29H,7,10,12-20,22-23H2,1-5H3/b11-8-/t25?,26-,28?,29+,32-/m0/s1. The second kappa shape index (κ2) is 10.6. The number of hydrogen-bond acceptors (Lipinski definition) is 3. The van der Waals surface area contributed by atoms with Crippen LogP contribution in [0.5, 0.6) is 0 Å². The average Bonchev–Trinajstić information content (AvgIpc) is 2.87. The highest BCUT2D eigenvalue weighted by molar-refractivity contribution is 6.74. The fraction of sp³-hybridized carbons (Fsp3) is 0.750. The molecule has 5 aliphatic heterocycles. The molecular weight excluding hydrogens is 488 g/mol. The summed E-state index contributed by atoms with van der Waals surface area (Å²) in [6.45, 7) is 13.8. The van der Waals surface area contributed by atoms with E-state index in [4.69, 9.17) is 4.43 Å². The minimum absolute atomic E-state index is 0.00614. The van der Waals surface area contributed by atoms with Gasteiger partial charge in [-0.05, 0) is 68.7 Å². The van der Waals surface area contributed by atoms with Gasteiger partial charge in [0.25, 0.3) is 0 Å². The molecular formula is C32H48N2O3Si. The van der Waals surface area contributed by atoms with Crippen LogP contribution in [-0.4, -0.2) is 61.7 Å². The maximum Gasteiger partial charge on any atom is 0.231 e. The highest BCUT2D eigenvalue weighted by atomic mass is 28.4. The van der Waals surface area contributed by atoms with Crippen molar-refractivity contribution in [2.24, 2.45) is 17.3 Å². The van der Waals surface area contributed by atoms with Crippen LogP contribution in [0.25, 0.3) is 0 Å². The van der Waals surface area contributed by atoms with Crippen LogP contribution in [0.4, 0.5) is 0 Å². The predicted molar refractivity (Wildman–Crippen MR) is 155 cm³/mol. The Morgan fingerprint density at radius 2 is 1.76 bits per heavy atom. The Balaban J connectivity index is 1.67. The number of piperidine rings is 2. The molecule has 5 heterocycles. The first-order valence-corrected chi connectivity index (χ1v) is 18.0. The smallest absolute Gasteiger partial charge is 0.231 e. The van der Waals surface area contributed by atoms with Crippen LogP contribution in [0.1, 0.15) is 85.0 Å². The molecule has 1 spiro atoms. The van der Waals surface area contributed by atoms with Crippen molar-refractivity contribution in [1.82, 2.24) is 9.80 Å². The molecule has 0 radical (unpaired) electrons. The zero-order chi connectivity index (χ0) is 27.1. The van der Waals surface area contributed by atoms with Gasteiger partial charge < -0.3 is 14.2 Å². The maximum atomic E-state index is 14.9. The highest BCUT2D eigenvalue weighted by Gasteiger charge is 2.67. The van der Waals surface area contributed by atoms with E-state index in [0.29, 0.717) is 13.0 Å². The van der Waals surface area contributed by atoms with Crippen molar-refractivity contribution < 1.29 is 14.0 Å². The summed E-state index contributed by atoms with van der Waals surface area (Å²) >= 11 is 0. The van der Waals surface area contributed by atoms with Gasteiger partial charge in [-0.15, -0.1) is 11.8 Å². The van der Waals surface area contributed by atoms with Crippen molar-refractivity contribution in [1.29, 1.82) is 0 Å². The van der Waals surface area contributed by atoms with Gasteiger partial charge in [-0.1, -0.05) is 39.0 Å². The Hall–Kier alpha value is -1.84. The average molecular weight is 537 g/mol. The summed E-state index contributed by atoms with van der Waals surface area (Å²) in [5, 5.41) is 0.0935. The summed E-state index contributed by atoms with van der Waals surface area (Å²) in [6, 6.07) is -0.167. The van der Waals surface area contributed by atoms with E-state index in [1.165, 1.54) is 5.57 Å². The Labute approximate surface area is 231 Å². The molecule has 0 saturated carbocycles. The molecule has 2 saturated heterocycles. The summed E-state index contributed by atoms with van der Waals surface area (Å²) in [5.74, 6) is 7.55. The largest absolute Gasteiger partial charge is 0.412 e. The Morgan fingerprint density at radius 1 is 1.00 bits per heavy atom. The number of carbonyl (C=O) groups excluding carboxylic acids is 2. The van der Waals surface area contributed by atoms with Crippen molar-refractivity contribution in [2.75, 3.05) is 19.6 Å². The Bertz CT molecular complexity index is 1060. The summed E-state index contributed by atoms with van der Waals surface area (Å²) in [7, 11) is -2.09. The third-order valence-corrected chi connectivity index (χ3v) is 14.9. The highest BCUT2D eigenvalue weighted by Crippen LogP contribution is 2.59. The molecule has 0 aromatic rings. The topological polar surface area (TPSA) is 49.9 Å². The third kappa shape index (κ3) is 4.83. The van der Waals surface area contributed by atoms with Gasteiger partial charge in [0, 0.05) is 50.7 Å². The molecule has 6 heteroatoms. The summed E-state index contributed by atoms with van der Waals surface area (Å²) in [6.07, 6.45) is 15.5. The van der Waals surface area contributed by atoms with Crippen molar-refractivity contribution in [3.8, 4) is 11.8 Å². The lowest BCUT2D eigenvalue weighted by Gasteiger charge is -2.65. The molecule has 5 atom stereocenters. The fourth-order valence-corrected chi connectivity index (χ4v) is 8.96. The summed E-state index contributed by atoms with van der Waals surface area (Å²) < 4.78 is 7.29. The SMILES string of the molecule is CC(C)(C)[Si](C)(C)O[C@H]1CN2CCCCC#CCCC3=CC4CN5C(=O)CCC/C=C\CC[C@](C2=O)(C41)[C@@H]35. The van der Waals surface area contributed by atoms with Crippen molar-refractivity contribution in [3.63, 3.8) is 0 Å². The number of fused-ring (bicyclic) bond motifs is 1. The molecule has 6 aliphatic rings. The first kappa shape index (κ1) is 27.7. The third-order valence-electron chi connectivity index (χ3n) is 10.4. The van der Waals surface area contributed by atoms with Crippen LogP contribution < -0.4 is 0 Å². The van der Waals surface area contributed by atoms with Crippen LogP contribution in [0, 0.1) is 29.1 Å². The predicted octanol–water partition coefficient (Wildman–Crippen LogP) is 6.08. The van der Waals surface area contributed by atoms with Gasteiger partial charge in [-0.25, -0.2) is 0 Å². The first-order valence-electron chi connectivity index (χ1n) is 15.1. The number of nitrogens with zero attached hydrogens (tertiary/aromatic N) is 2. The van der Waals surface area contributed by atoms with Gasteiger partial charge in [0.15, 0.2) is 8.32 Å². The van der Waals surface area contributed by atoms with E-state index in [0.717, 1.165) is 70.9 Å². The normalized spacial score (nSPS) is 35.2. The van der Waals surface area contributed by atoms with E-state index in [9.17, 15) is 9.59 Å². The van der Waals surface area contributed by atoms with Gasteiger partial charge in [0.2, 0.25) is 11.8 Å². The molecule has 2 unspecified atom stereocenters. The first-order chi connectivity index (χ1) is 18.1. The summed E-state index contributed by atoms with van der Waals surface area (Å²) in [4.78, 5) is 32.9. The molecule has 0 aromatic heterocycles. The molecule has 1 aliphatic carbocycles. The van der Waals surface area contributed by atoms with E-state index in [1.807, 2.05) is 0 Å². The molecule has 2 fully saturated rings. The number of amides is 2. The molecule has 6 rings (SSSR count). The fourth-order valence-electron chi connectivity index (χ4n) is 7.62. The lowest BCUT2D eigenvalue weighted by atomic mass is 9.50. The van der Waals surface area contributed by atoms with E-state index >= 15 is 0 Å². The van der Waals surface area contributed by atoms with Crippen LogP contribution in [0.3, 0.4) is 0 Å². The molecule has 0 aromatic carbocycles. The number of rotatable bonds is 2. The lowest BCUT2D eigenvalue weighted by molar-refractivity contribution is -0.188. The quantitative estimate of drug-likeness (QED) is 0.244. The zero-order valence-electron chi connectivity index (χ0n) is 24.4. The van der Waals surface area contributed by atoms with Gasteiger partial charge >= 0.3 is 0 Å². The van der Waals surface area contributed by atoms with Gasteiger partial charge in [-0.2, -0.15) is 0 Å². The van der Waals surface area contributed by atoms with Crippen molar-refractivity contribution in [3.05, 3.63) is 23.8 Å². The second-order valence-electron chi connectivity index (χ2n) is 13.8. The van der Waals surface area contributed by atoms with Gasteiger partial charge in [-0.3, -0.25) is 9.59 Å². The second-order valence-corrected chi connectivity index (χ2v) is 18.6. The van der Waals surface area contributed by atoms with Gasteiger partial charge in [0.1, 0.15) is 0 Å². The number of carbonyl (C=O) groups is 2. The van der Waals surface area contributed by atoms with Crippen LogP contribution in [0.2, 0.25) is 18.1 Å². The lowest BCUT2D eigenvalue weighted by Crippen LogP contribution is -2.75.